The number of rotatable bonds is 3. The Morgan fingerprint density at radius 3 is 3.11 bits per heavy atom. The molecule has 1 fully saturated rings. The molecule has 1 aromatic heterocycles. The molecule has 0 saturated heterocycles. The molecule has 1 aliphatic rings. The van der Waals surface area contributed by atoms with Crippen LogP contribution in [0.25, 0.3) is 0 Å². The van der Waals surface area contributed by atoms with Gasteiger partial charge in [-0.25, -0.2) is 4.98 Å². The Bertz CT molecular complexity index is 524. The maximum atomic E-state index is 11.5. The van der Waals surface area contributed by atoms with Gasteiger partial charge in [0.25, 0.3) is 0 Å². The number of aromatic nitrogens is 1. The number of nitriles is 1. The van der Waals surface area contributed by atoms with Crippen molar-refractivity contribution >= 4 is 11.7 Å². The quantitative estimate of drug-likeness (QED) is 0.870. The monoisotopic (exact) mass is 259 g/mol. The third-order valence-corrected chi connectivity index (χ3v) is 3.91. The van der Waals surface area contributed by atoms with E-state index in [2.05, 4.69) is 10.3 Å². The van der Waals surface area contributed by atoms with E-state index in [4.69, 9.17) is 5.26 Å². The van der Waals surface area contributed by atoms with Crippen molar-refractivity contribution in [1.82, 2.24) is 4.98 Å². The molecule has 19 heavy (non-hydrogen) atoms. The summed E-state index contributed by atoms with van der Waals surface area (Å²) in [5.41, 5.74) is 0.331. The molecule has 2 unspecified atom stereocenters. The standard InChI is InChI=1S/C14H17N3O2/c1-14(13(18)19)6-3-2-4-12(14)17-10-5-7-16-11(8-10)9-15/h5,7-8,12H,2-4,6H2,1H3,(H,16,17)(H,18,19). The van der Waals surface area contributed by atoms with E-state index in [9.17, 15) is 9.90 Å². The number of carboxylic acid groups (broad SMARTS) is 1. The van der Waals surface area contributed by atoms with Crippen LogP contribution >= 0.6 is 0 Å². The van der Waals surface area contributed by atoms with Crippen LogP contribution in [0.3, 0.4) is 0 Å². The first-order chi connectivity index (χ1) is 9.06. The second-order valence-corrected chi connectivity index (χ2v) is 5.21. The molecule has 0 amide bonds. The number of anilines is 1. The molecular weight excluding hydrogens is 242 g/mol. The summed E-state index contributed by atoms with van der Waals surface area (Å²) in [6, 6.07) is 5.27. The van der Waals surface area contributed by atoms with Gasteiger partial charge in [-0.3, -0.25) is 4.79 Å². The van der Waals surface area contributed by atoms with E-state index in [0.29, 0.717) is 12.1 Å². The second-order valence-electron chi connectivity index (χ2n) is 5.21. The van der Waals surface area contributed by atoms with E-state index in [-0.39, 0.29) is 6.04 Å². The molecule has 1 aliphatic carbocycles. The lowest BCUT2D eigenvalue weighted by molar-refractivity contribution is -0.150. The SMILES string of the molecule is CC1(C(=O)O)CCCCC1Nc1ccnc(C#N)c1. The summed E-state index contributed by atoms with van der Waals surface area (Å²) in [4.78, 5) is 15.4. The lowest BCUT2D eigenvalue weighted by Crippen LogP contribution is -2.46. The maximum absolute atomic E-state index is 11.5. The number of nitrogens with zero attached hydrogens (tertiary/aromatic N) is 2. The van der Waals surface area contributed by atoms with Crippen LogP contribution in [-0.2, 0) is 4.79 Å². The van der Waals surface area contributed by atoms with Crippen molar-refractivity contribution in [3.8, 4) is 6.07 Å². The average molecular weight is 259 g/mol. The first-order valence-electron chi connectivity index (χ1n) is 6.42. The number of carboxylic acids is 1. The van der Waals surface area contributed by atoms with Gasteiger partial charge in [0.2, 0.25) is 0 Å². The highest BCUT2D eigenvalue weighted by Crippen LogP contribution is 2.38. The largest absolute Gasteiger partial charge is 0.481 e. The first-order valence-corrected chi connectivity index (χ1v) is 6.42. The molecule has 0 bridgehead atoms. The number of aliphatic carboxylic acids is 1. The molecule has 1 heterocycles. The fourth-order valence-electron chi connectivity index (χ4n) is 2.60. The van der Waals surface area contributed by atoms with Crippen LogP contribution in [0.5, 0.6) is 0 Å². The van der Waals surface area contributed by atoms with Crippen LogP contribution in [0.2, 0.25) is 0 Å². The normalized spacial score (nSPS) is 26.4. The molecule has 100 valence electrons. The summed E-state index contributed by atoms with van der Waals surface area (Å²) in [5.74, 6) is -0.765. The third kappa shape index (κ3) is 2.68. The fraction of sp³-hybridized carbons (Fsp3) is 0.500. The highest BCUT2D eigenvalue weighted by molar-refractivity contribution is 5.76. The summed E-state index contributed by atoms with van der Waals surface area (Å²) in [6.07, 6.45) is 5.03. The average Bonchev–Trinajstić information content (AvgIpc) is 2.41. The molecule has 0 aliphatic heterocycles. The number of nitrogens with one attached hydrogen (secondary N) is 1. The van der Waals surface area contributed by atoms with Crippen LogP contribution in [0.1, 0.15) is 38.3 Å². The minimum atomic E-state index is -0.765. The molecule has 1 saturated carbocycles. The Hall–Kier alpha value is -2.09. The summed E-state index contributed by atoms with van der Waals surface area (Å²) in [6.45, 7) is 1.79. The number of hydrogen-bond donors (Lipinski definition) is 2. The van der Waals surface area contributed by atoms with Gasteiger partial charge in [-0.15, -0.1) is 0 Å². The maximum Gasteiger partial charge on any atom is 0.311 e. The van der Waals surface area contributed by atoms with E-state index >= 15 is 0 Å². The van der Waals surface area contributed by atoms with Crippen LogP contribution in [0, 0.1) is 16.7 Å². The zero-order chi connectivity index (χ0) is 13.9. The Balaban J connectivity index is 2.20. The van der Waals surface area contributed by atoms with Gasteiger partial charge >= 0.3 is 5.97 Å². The van der Waals surface area contributed by atoms with Crippen molar-refractivity contribution in [3.63, 3.8) is 0 Å². The minimum absolute atomic E-state index is 0.118. The Kier molecular flexibility index (Phi) is 3.70. The van der Waals surface area contributed by atoms with E-state index in [1.54, 1.807) is 25.3 Å². The Morgan fingerprint density at radius 2 is 2.42 bits per heavy atom. The molecule has 5 nitrogen and oxygen atoms in total. The topological polar surface area (TPSA) is 86.0 Å². The van der Waals surface area contributed by atoms with Gasteiger partial charge in [0.05, 0.1) is 5.41 Å². The van der Waals surface area contributed by atoms with Gasteiger partial charge in [0.1, 0.15) is 11.8 Å². The molecule has 2 N–H and O–H groups in total. The molecule has 5 heteroatoms. The van der Waals surface area contributed by atoms with E-state index in [1.165, 1.54) is 0 Å². The van der Waals surface area contributed by atoms with Crippen LogP contribution in [-0.4, -0.2) is 22.1 Å². The summed E-state index contributed by atoms with van der Waals surface area (Å²) in [5, 5.41) is 21.5. The van der Waals surface area contributed by atoms with Gasteiger partial charge in [-0.05, 0) is 31.9 Å². The number of hydrogen-bond acceptors (Lipinski definition) is 4. The lowest BCUT2D eigenvalue weighted by atomic mass is 9.71. The van der Waals surface area contributed by atoms with Crippen molar-refractivity contribution in [3.05, 3.63) is 24.0 Å². The van der Waals surface area contributed by atoms with E-state index < -0.39 is 11.4 Å². The molecule has 2 atom stereocenters. The predicted molar refractivity (Wildman–Crippen MR) is 70.6 cm³/mol. The van der Waals surface area contributed by atoms with Crippen LogP contribution < -0.4 is 5.32 Å². The van der Waals surface area contributed by atoms with E-state index in [1.807, 2.05) is 6.07 Å². The van der Waals surface area contributed by atoms with Crippen molar-refractivity contribution in [2.45, 2.75) is 38.6 Å². The first kappa shape index (κ1) is 13.3. The van der Waals surface area contributed by atoms with Crippen LogP contribution in [0.15, 0.2) is 18.3 Å². The lowest BCUT2D eigenvalue weighted by Gasteiger charge is -2.38. The predicted octanol–water partition coefficient (Wildman–Crippen LogP) is 2.40. The zero-order valence-corrected chi connectivity index (χ0v) is 10.9. The number of pyridine rings is 1. The van der Waals surface area contributed by atoms with Gasteiger partial charge in [0, 0.05) is 17.9 Å². The van der Waals surface area contributed by atoms with E-state index in [0.717, 1.165) is 24.9 Å². The van der Waals surface area contributed by atoms with Gasteiger partial charge in [0.15, 0.2) is 0 Å². The minimum Gasteiger partial charge on any atom is -0.481 e. The second kappa shape index (κ2) is 5.27. The van der Waals surface area contributed by atoms with Crippen molar-refractivity contribution in [2.75, 3.05) is 5.32 Å². The van der Waals surface area contributed by atoms with Crippen molar-refractivity contribution in [2.24, 2.45) is 5.41 Å². The van der Waals surface area contributed by atoms with Crippen molar-refractivity contribution < 1.29 is 9.90 Å². The molecule has 0 radical (unpaired) electrons. The Labute approximate surface area is 112 Å². The molecule has 1 aromatic rings. The third-order valence-electron chi connectivity index (χ3n) is 3.91. The molecular formula is C14H17N3O2. The smallest absolute Gasteiger partial charge is 0.311 e. The highest BCUT2D eigenvalue weighted by atomic mass is 16.4. The highest BCUT2D eigenvalue weighted by Gasteiger charge is 2.43. The zero-order valence-electron chi connectivity index (χ0n) is 10.9. The molecule has 2 rings (SSSR count). The van der Waals surface area contributed by atoms with Crippen molar-refractivity contribution in [1.29, 1.82) is 5.26 Å². The van der Waals surface area contributed by atoms with Gasteiger partial charge in [-0.1, -0.05) is 12.8 Å². The summed E-state index contributed by atoms with van der Waals surface area (Å²) in [7, 11) is 0. The summed E-state index contributed by atoms with van der Waals surface area (Å²) >= 11 is 0. The van der Waals surface area contributed by atoms with Gasteiger partial charge < -0.3 is 10.4 Å². The molecule has 0 aromatic carbocycles. The number of carbonyl (C=O) groups is 1. The van der Waals surface area contributed by atoms with Crippen LogP contribution in [0.4, 0.5) is 5.69 Å². The summed E-state index contributed by atoms with van der Waals surface area (Å²) < 4.78 is 0. The van der Waals surface area contributed by atoms with Gasteiger partial charge in [-0.2, -0.15) is 5.26 Å². The molecule has 0 spiro atoms. The fourth-order valence-corrected chi connectivity index (χ4v) is 2.60. The Morgan fingerprint density at radius 1 is 1.63 bits per heavy atom.